The number of rotatable bonds is 5. The van der Waals surface area contributed by atoms with Crippen molar-refractivity contribution in [2.75, 3.05) is 5.32 Å². The zero-order valence-electron chi connectivity index (χ0n) is 13.0. The Bertz CT molecular complexity index is 706. The molecule has 0 unspecified atom stereocenters. The Labute approximate surface area is 138 Å². The highest BCUT2D eigenvalue weighted by molar-refractivity contribution is 7.09. The van der Waals surface area contributed by atoms with Crippen molar-refractivity contribution in [3.05, 3.63) is 34.3 Å². The molecular formula is C16H19N5OS. The standard InChI is InChI=1S/C16H19N5OS/c1-9-8-23-15(19-9)13(10-2-3-10)21-16(22)20-12-6-17-14(18-7-12)11-4-5-11/h6-8,10-11,13H,2-5H2,1H3,(H2,20,21,22)/t13-/m0/s1. The maximum Gasteiger partial charge on any atom is 0.319 e. The van der Waals surface area contributed by atoms with Gasteiger partial charge in [0.25, 0.3) is 0 Å². The lowest BCUT2D eigenvalue weighted by Gasteiger charge is -2.16. The number of amides is 2. The summed E-state index contributed by atoms with van der Waals surface area (Å²) < 4.78 is 0. The van der Waals surface area contributed by atoms with Crippen molar-refractivity contribution in [2.24, 2.45) is 5.92 Å². The van der Waals surface area contributed by atoms with Crippen LogP contribution in [0.5, 0.6) is 0 Å². The molecule has 2 aromatic heterocycles. The van der Waals surface area contributed by atoms with Crippen LogP contribution in [0.4, 0.5) is 10.5 Å². The van der Waals surface area contributed by atoms with Gasteiger partial charge in [0, 0.05) is 17.0 Å². The van der Waals surface area contributed by atoms with Crippen LogP contribution in [0, 0.1) is 12.8 Å². The molecule has 0 spiro atoms. The highest BCUT2D eigenvalue weighted by Crippen LogP contribution is 2.42. The third-order valence-electron chi connectivity index (χ3n) is 4.16. The number of aromatic nitrogens is 3. The zero-order chi connectivity index (χ0) is 15.8. The quantitative estimate of drug-likeness (QED) is 0.881. The molecule has 0 radical (unpaired) electrons. The van der Waals surface area contributed by atoms with Crippen molar-refractivity contribution in [2.45, 2.75) is 44.6 Å². The Morgan fingerprint density at radius 3 is 2.57 bits per heavy atom. The maximum atomic E-state index is 12.3. The van der Waals surface area contributed by atoms with Crippen LogP contribution in [0.2, 0.25) is 0 Å². The fourth-order valence-corrected chi connectivity index (χ4v) is 3.53. The zero-order valence-corrected chi connectivity index (χ0v) is 13.8. The van der Waals surface area contributed by atoms with E-state index in [0.717, 1.165) is 29.4 Å². The number of nitrogens with zero attached hydrogens (tertiary/aromatic N) is 3. The second-order valence-electron chi connectivity index (χ2n) is 6.34. The summed E-state index contributed by atoms with van der Waals surface area (Å²) in [6, 6.07) is -0.224. The van der Waals surface area contributed by atoms with Crippen LogP contribution in [0.25, 0.3) is 0 Å². The van der Waals surface area contributed by atoms with Crippen LogP contribution in [0.3, 0.4) is 0 Å². The van der Waals surface area contributed by atoms with Gasteiger partial charge in [-0.25, -0.2) is 19.7 Å². The molecule has 2 amide bonds. The van der Waals surface area contributed by atoms with E-state index in [2.05, 4.69) is 25.6 Å². The summed E-state index contributed by atoms with van der Waals surface area (Å²) in [6.45, 7) is 1.97. The maximum absolute atomic E-state index is 12.3. The fourth-order valence-electron chi connectivity index (χ4n) is 2.59. The van der Waals surface area contributed by atoms with Gasteiger partial charge in [0.1, 0.15) is 10.8 Å². The minimum atomic E-state index is -0.225. The normalized spacial score (nSPS) is 18.5. The van der Waals surface area contributed by atoms with Crippen molar-refractivity contribution < 1.29 is 4.79 Å². The van der Waals surface area contributed by atoms with Gasteiger partial charge in [0.05, 0.1) is 24.1 Å². The lowest BCUT2D eigenvalue weighted by molar-refractivity contribution is 0.247. The lowest BCUT2D eigenvalue weighted by Crippen LogP contribution is -2.33. The summed E-state index contributed by atoms with van der Waals surface area (Å²) in [5.74, 6) is 1.90. The van der Waals surface area contributed by atoms with Gasteiger partial charge < -0.3 is 10.6 Å². The second-order valence-corrected chi connectivity index (χ2v) is 7.23. The number of anilines is 1. The van der Waals surface area contributed by atoms with E-state index >= 15 is 0 Å². The van der Waals surface area contributed by atoms with Gasteiger partial charge in [-0.1, -0.05) is 0 Å². The number of urea groups is 1. The van der Waals surface area contributed by atoms with E-state index in [0.29, 0.717) is 17.5 Å². The van der Waals surface area contributed by atoms with Gasteiger partial charge in [-0.15, -0.1) is 11.3 Å². The lowest BCUT2D eigenvalue weighted by atomic mass is 10.2. The van der Waals surface area contributed by atoms with Crippen LogP contribution in [0.15, 0.2) is 17.8 Å². The van der Waals surface area contributed by atoms with Crippen LogP contribution < -0.4 is 10.6 Å². The molecule has 6 nitrogen and oxygen atoms in total. The number of aryl methyl sites for hydroxylation is 1. The van der Waals surface area contributed by atoms with E-state index in [1.165, 1.54) is 12.8 Å². The SMILES string of the molecule is Cc1csc([C@@H](NC(=O)Nc2cnc(C3CC3)nc2)C2CC2)n1. The van der Waals surface area contributed by atoms with E-state index in [1.807, 2.05) is 12.3 Å². The summed E-state index contributed by atoms with van der Waals surface area (Å²) in [6.07, 6.45) is 7.98. The van der Waals surface area contributed by atoms with Crippen LogP contribution in [0.1, 0.15) is 54.2 Å². The first kappa shape index (κ1) is 14.6. The first-order valence-electron chi connectivity index (χ1n) is 8.00. The predicted octanol–water partition coefficient (Wildman–Crippen LogP) is 3.39. The summed E-state index contributed by atoms with van der Waals surface area (Å²) in [4.78, 5) is 25.4. The number of thiazole rings is 1. The second kappa shape index (κ2) is 5.88. The van der Waals surface area contributed by atoms with Crippen molar-refractivity contribution in [3.63, 3.8) is 0 Å². The van der Waals surface area contributed by atoms with Crippen LogP contribution in [-0.4, -0.2) is 21.0 Å². The van der Waals surface area contributed by atoms with E-state index < -0.39 is 0 Å². The molecule has 4 rings (SSSR count). The molecule has 0 saturated heterocycles. The molecule has 2 fully saturated rings. The fraction of sp³-hybridized carbons (Fsp3) is 0.500. The monoisotopic (exact) mass is 329 g/mol. The topological polar surface area (TPSA) is 79.8 Å². The van der Waals surface area contributed by atoms with E-state index in [9.17, 15) is 4.79 Å². The number of hydrogen-bond acceptors (Lipinski definition) is 5. The molecule has 2 saturated carbocycles. The minimum Gasteiger partial charge on any atom is -0.328 e. The molecule has 23 heavy (non-hydrogen) atoms. The first-order chi connectivity index (χ1) is 11.2. The molecule has 2 N–H and O–H groups in total. The highest BCUT2D eigenvalue weighted by Gasteiger charge is 2.35. The molecule has 2 aromatic rings. The van der Waals surface area contributed by atoms with Crippen molar-refractivity contribution >= 4 is 23.1 Å². The molecule has 2 aliphatic carbocycles. The molecule has 0 bridgehead atoms. The highest BCUT2D eigenvalue weighted by atomic mass is 32.1. The smallest absolute Gasteiger partial charge is 0.319 e. The van der Waals surface area contributed by atoms with Gasteiger partial charge in [-0.3, -0.25) is 0 Å². The third kappa shape index (κ3) is 3.50. The van der Waals surface area contributed by atoms with Gasteiger partial charge in [0.15, 0.2) is 0 Å². The van der Waals surface area contributed by atoms with Gasteiger partial charge in [-0.05, 0) is 38.5 Å². The minimum absolute atomic E-state index is 0.000329. The van der Waals surface area contributed by atoms with E-state index in [-0.39, 0.29) is 12.1 Å². The van der Waals surface area contributed by atoms with Crippen molar-refractivity contribution in [3.8, 4) is 0 Å². The third-order valence-corrected chi connectivity index (χ3v) is 5.20. The molecule has 120 valence electrons. The summed E-state index contributed by atoms with van der Waals surface area (Å²) in [5, 5.41) is 8.88. The Balaban J connectivity index is 1.39. The Hall–Kier alpha value is -2.02. The number of nitrogens with one attached hydrogen (secondary N) is 2. The van der Waals surface area contributed by atoms with E-state index in [4.69, 9.17) is 0 Å². The van der Waals surface area contributed by atoms with Gasteiger partial charge in [0.2, 0.25) is 0 Å². The van der Waals surface area contributed by atoms with Crippen molar-refractivity contribution in [1.82, 2.24) is 20.3 Å². The summed E-state index contributed by atoms with van der Waals surface area (Å²) >= 11 is 1.61. The van der Waals surface area contributed by atoms with Crippen molar-refractivity contribution in [1.29, 1.82) is 0 Å². The van der Waals surface area contributed by atoms with Gasteiger partial charge in [-0.2, -0.15) is 0 Å². The number of carbonyl (C=O) groups excluding carboxylic acids is 1. The molecule has 0 aliphatic heterocycles. The van der Waals surface area contributed by atoms with E-state index in [1.54, 1.807) is 23.7 Å². The van der Waals surface area contributed by atoms with Gasteiger partial charge >= 0.3 is 6.03 Å². The summed E-state index contributed by atoms with van der Waals surface area (Å²) in [5.41, 5.74) is 1.62. The molecule has 2 aliphatic rings. The predicted molar refractivity (Wildman–Crippen MR) is 88.5 cm³/mol. The number of carbonyl (C=O) groups is 1. The number of hydrogen-bond donors (Lipinski definition) is 2. The molecule has 7 heteroatoms. The average molecular weight is 329 g/mol. The molecule has 2 heterocycles. The molecule has 0 aromatic carbocycles. The Kier molecular flexibility index (Phi) is 3.72. The summed E-state index contributed by atoms with van der Waals surface area (Å²) in [7, 11) is 0. The Morgan fingerprint density at radius 1 is 1.26 bits per heavy atom. The molecule has 1 atom stereocenters. The van der Waals surface area contributed by atoms with Crippen LogP contribution >= 0.6 is 11.3 Å². The largest absolute Gasteiger partial charge is 0.328 e. The Morgan fingerprint density at radius 2 is 2.00 bits per heavy atom. The first-order valence-corrected chi connectivity index (χ1v) is 8.88. The molecular weight excluding hydrogens is 310 g/mol. The van der Waals surface area contributed by atoms with Crippen LogP contribution in [-0.2, 0) is 0 Å². The average Bonchev–Trinajstić information content (AvgIpc) is 3.44.